The zero-order valence-electron chi connectivity index (χ0n) is 9.45. The highest BCUT2D eigenvalue weighted by atomic mass is 16.4. The molecule has 3 atom stereocenters. The second-order valence-corrected chi connectivity index (χ2v) is 5.39. The monoisotopic (exact) mass is 210 g/mol. The minimum absolute atomic E-state index is 0.0550. The van der Waals surface area contributed by atoms with Crippen LogP contribution in [0.2, 0.25) is 0 Å². The van der Waals surface area contributed by atoms with E-state index in [1.165, 1.54) is 0 Å². The number of carbonyl (C=O) groups is 1. The largest absolute Gasteiger partial charge is 0.480 e. The van der Waals surface area contributed by atoms with Gasteiger partial charge >= 0.3 is 5.97 Å². The van der Waals surface area contributed by atoms with Gasteiger partial charge in [0, 0.05) is 12.5 Å². The van der Waals surface area contributed by atoms with Crippen LogP contribution in [0.25, 0.3) is 0 Å². The van der Waals surface area contributed by atoms with E-state index in [1.54, 1.807) is 0 Å². The Balaban J connectivity index is 2.78. The summed E-state index contributed by atoms with van der Waals surface area (Å²) in [6.07, 6.45) is 0.759. The van der Waals surface area contributed by atoms with E-state index in [9.17, 15) is 4.79 Å². The van der Waals surface area contributed by atoms with Gasteiger partial charge in [-0.3, -0.25) is 4.79 Å². The minimum atomic E-state index is -0.845. The molecule has 0 aromatic carbocycles. The summed E-state index contributed by atoms with van der Waals surface area (Å²) in [5.74, 6) is -1.10. The minimum Gasteiger partial charge on any atom is -0.480 e. The molecule has 3 unspecified atom stereocenters. The molecule has 0 amide bonds. The van der Waals surface area contributed by atoms with Crippen LogP contribution in [0.4, 0.5) is 0 Å². The molecule has 1 saturated heterocycles. The van der Waals surface area contributed by atoms with E-state index >= 15 is 0 Å². The lowest BCUT2D eigenvalue weighted by Crippen LogP contribution is -2.37. The molecule has 0 radical (unpaired) electrons. The molecule has 1 heterocycles. The van der Waals surface area contributed by atoms with Crippen molar-refractivity contribution in [3.05, 3.63) is 0 Å². The van der Waals surface area contributed by atoms with Crippen molar-refractivity contribution < 1.29 is 9.90 Å². The van der Waals surface area contributed by atoms with Gasteiger partial charge in [0.05, 0.1) is 12.0 Å². The lowest BCUT2D eigenvalue weighted by Gasteiger charge is -2.26. The number of rotatable bonds is 2. The maximum atomic E-state index is 11.0. The maximum Gasteiger partial charge on any atom is 0.321 e. The van der Waals surface area contributed by atoms with Crippen LogP contribution in [0.3, 0.4) is 0 Å². The Hall–Kier alpha value is -1.08. The zero-order chi connectivity index (χ0) is 11.6. The molecule has 1 rings (SSSR count). The zero-order valence-corrected chi connectivity index (χ0v) is 9.45. The predicted molar refractivity (Wildman–Crippen MR) is 56.1 cm³/mol. The highest BCUT2D eigenvalue weighted by Gasteiger charge is 2.41. The van der Waals surface area contributed by atoms with Gasteiger partial charge in [0.2, 0.25) is 0 Å². The molecule has 4 heteroatoms. The predicted octanol–water partition coefficient (Wildman–Crippen LogP) is 1.23. The third-order valence-corrected chi connectivity index (χ3v) is 2.78. The Morgan fingerprint density at radius 1 is 1.60 bits per heavy atom. The number of hydrogen-bond acceptors (Lipinski definition) is 3. The van der Waals surface area contributed by atoms with Crippen molar-refractivity contribution >= 4 is 5.97 Å². The third-order valence-electron chi connectivity index (χ3n) is 2.78. The Kier molecular flexibility index (Phi) is 3.35. The summed E-state index contributed by atoms with van der Waals surface area (Å²) in [6, 6.07) is 1.63. The summed E-state index contributed by atoms with van der Waals surface area (Å²) in [4.78, 5) is 11.0. The highest BCUT2D eigenvalue weighted by molar-refractivity contribution is 5.74. The van der Waals surface area contributed by atoms with Gasteiger partial charge in [0.15, 0.2) is 0 Å². The van der Waals surface area contributed by atoms with E-state index < -0.39 is 12.0 Å². The molecular formula is C11H18N2O2. The van der Waals surface area contributed by atoms with Crippen molar-refractivity contribution in [2.45, 2.75) is 33.2 Å². The number of carboxylic acids is 1. The van der Waals surface area contributed by atoms with Gasteiger partial charge in [-0.1, -0.05) is 20.8 Å². The van der Waals surface area contributed by atoms with E-state index in [2.05, 4.69) is 32.2 Å². The van der Waals surface area contributed by atoms with Crippen LogP contribution in [0.1, 0.15) is 27.2 Å². The molecule has 0 spiro atoms. The summed E-state index contributed by atoms with van der Waals surface area (Å²) in [5.41, 5.74) is 0.0550. The van der Waals surface area contributed by atoms with Gasteiger partial charge in [-0.05, 0) is 11.8 Å². The maximum absolute atomic E-state index is 11.0. The summed E-state index contributed by atoms with van der Waals surface area (Å²) >= 11 is 0. The van der Waals surface area contributed by atoms with Crippen molar-refractivity contribution in [2.75, 3.05) is 6.54 Å². The standard InChI is InChI=1S/C11H18N2O2/c1-11(2,3)4-8-7(5-12)6-13-9(8)10(14)15/h7-9,13H,4,6H2,1-3H3,(H,14,15). The molecule has 0 bridgehead atoms. The lowest BCUT2D eigenvalue weighted by molar-refractivity contribution is -0.140. The first-order valence-corrected chi connectivity index (χ1v) is 5.21. The fraction of sp³-hybridized carbons (Fsp3) is 0.818. The first-order valence-electron chi connectivity index (χ1n) is 5.21. The molecule has 0 aliphatic carbocycles. The highest BCUT2D eigenvalue weighted by Crippen LogP contribution is 2.34. The van der Waals surface area contributed by atoms with Gasteiger partial charge in [0.25, 0.3) is 0 Å². The molecule has 4 nitrogen and oxygen atoms in total. The molecule has 0 aromatic heterocycles. The van der Waals surface area contributed by atoms with Gasteiger partial charge in [-0.25, -0.2) is 0 Å². The number of nitriles is 1. The fourth-order valence-electron chi connectivity index (χ4n) is 2.17. The van der Waals surface area contributed by atoms with E-state index in [-0.39, 0.29) is 17.3 Å². The summed E-state index contributed by atoms with van der Waals surface area (Å²) < 4.78 is 0. The SMILES string of the molecule is CC(C)(C)CC1C(C#N)CNC1C(=O)O. The number of nitrogens with one attached hydrogen (secondary N) is 1. The van der Waals surface area contributed by atoms with Gasteiger partial charge in [0.1, 0.15) is 6.04 Å². The van der Waals surface area contributed by atoms with E-state index in [0.717, 1.165) is 6.42 Å². The average molecular weight is 210 g/mol. The van der Waals surface area contributed by atoms with E-state index in [0.29, 0.717) is 6.54 Å². The molecule has 1 fully saturated rings. The Morgan fingerprint density at radius 2 is 2.20 bits per heavy atom. The van der Waals surface area contributed by atoms with Crippen LogP contribution in [-0.4, -0.2) is 23.7 Å². The average Bonchev–Trinajstić information content (AvgIpc) is 2.44. The lowest BCUT2D eigenvalue weighted by atomic mass is 9.77. The molecule has 15 heavy (non-hydrogen) atoms. The van der Waals surface area contributed by atoms with Crippen molar-refractivity contribution in [2.24, 2.45) is 17.3 Å². The number of aliphatic carboxylic acids is 1. The Bertz CT molecular complexity index is 288. The summed E-state index contributed by atoms with van der Waals surface area (Å²) in [7, 11) is 0. The van der Waals surface area contributed by atoms with Crippen LogP contribution in [0, 0.1) is 28.6 Å². The number of nitrogens with zero attached hydrogens (tertiary/aromatic N) is 1. The van der Waals surface area contributed by atoms with Crippen molar-refractivity contribution in [1.82, 2.24) is 5.32 Å². The van der Waals surface area contributed by atoms with E-state index in [4.69, 9.17) is 10.4 Å². The number of carboxylic acid groups (broad SMARTS) is 1. The molecule has 0 saturated carbocycles. The van der Waals surface area contributed by atoms with Crippen LogP contribution >= 0.6 is 0 Å². The topological polar surface area (TPSA) is 73.1 Å². The van der Waals surface area contributed by atoms with Crippen molar-refractivity contribution in [3.8, 4) is 6.07 Å². The summed E-state index contributed by atoms with van der Waals surface area (Å²) in [5, 5.41) is 20.9. The van der Waals surface area contributed by atoms with Crippen molar-refractivity contribution in [1.29, 1.82) is 5.26 Å². The van der Waals surface area contributed by atoms with Gasteiger partial charge in [-0.2, -0.15) is 5.26 Å². The fourth-order valence-corrected chi connectivity index (χ4v) is 2.17. The Morgan fingerprint density at radius 3 is 2.60 bits per heavy atom. The first kappa shape index (κ1) is 12.0. The normalized spacial score (nSPS) is 31.2. The van der Waals surface area contributed by atoms with Crippen LogP contribution in [-0.2, 0) is 4.79 Å². The molecule has 2 N–H and O–H groups in total. The second kappa shape index (κ2) is 4.19. The number of hydrogen-bond donors (Lipinski definition) is 2. The van der Waals surface area contributed by atoms with Crippen LogP contribution in [0.15, 0.2) is 0 Å². The van der Waals surface area contributed by atoms with Crippen LogP contribution in [0.5, 0.6) is 0 Å². The molecule has 1 aliphatic heterocycles. The third kappa shape index (κ3) is 2.93. The second-order valence-electron chi connectivity index (χ2n) is 5.39. The molecular weight excluding hydrogens is 192 g/mol. The van der Waals surface area contributed by atoms with E-state index in [1.807, 2.05) is 0 Å². The first-order chi connectivity index (χ1) is 6.85. The molecule has 0 aromatic rings. The Labute approximate surface area is 90.3 Å². The van der Waals surface area contributed by atoms with Gasteiger partial charge < -0.3 is 10.4 Å². The quantitative estimate of drug-likeness (QED) is 0.719. The molecule has 1 aliphatic rings. The van der Waals surface area contributed by atoms with Crippen molar-refractivity contribution in [3.63, 3.8) is 0 Å². The van der Waals surface area contributed by atoms with Crippen LogP contribution < -0.4 is 5.32 Å². The smallest absolute Gasteiger partial charge is 0.321 e. The van der Waals surface area contributed by atoms with Gasteiger partial charge in [-0.15, -0.1) is 0 Å². The molecule has 84 valence electrons. The summed E-state index contributed by atoms with van der Waals surface area (Å²) in [6.45, 7) is 6.70.